The molecule has 1 aromatic heterocycles. The van der Waals surface area contributed by atoms with Gasteiger partial charge in [-0.1, -0.05) is 12.2 Å². The molecule has 1 aliphatic rings. The van der Waals surface area contributed by atoms with Gasteiger partial charge in [0.15, 0.2) is 0 Å². The van der Waals surface area contributed by atoms with E-state index in [0.29, 0.717) is 16.5 Å². The lowest BCUT2D eigenvalue weighted by molar-refractivity contribution is -0.120. The van der Waals surface area contributed by atoms with Gasteiger partial charge in [-0.3, -0.25) is 4.79 Å². The van der Waals surface area contributed by atoms with Gasteiger partial charge in [0.05, 0.1) is 11.6 Å². The van der Waals surface area contributed by atoms with Crippen LogP contribution in [0.15, 0.2) is 18.2 Å². The molecule has 108 valence electrons. The highest BCUT2D eigenvalue weighted by molar-refractivity contribution is 7.18. The molecule has 0 aromatic carbocycles. The Labute approximate surface area is 122 Å². The number of nitrogens with one attached hydrogen (secondary N) is 1. The maximum Gasteiger partial charge on any atom is 0.348 e. The van der Waals surface area contributed by atoms with Gasteiger partial charge in [0.25, 0.3) is 0 Å². The van der Waals surface area contributed by atoms with Crippen molar-refractivity contribution in [3.63, 3.8) is 0 Å². The van der Waals surface area contributed by atoms with Crippen LogP contribution in [0.3, 0.4) is 0 Å². The van der Waals surface area contributed by atoms with Gasteiger partial charge in [-0.15, -0.1) is 11.3 Å². The summed E-state index contributed by atoms with van der Waals surface area (Å²) < 4.78 is 4.99. The van der Waals surface area contributed by atoms with Gasteiger partial charge < -0.3 is 10.1 Å². The molecular weight excluding hydrogens is 274 g/mol. The normalized spacial score (nSPS) is 17.8. The summed E-state index contributed by atoms with van der Waals surface area (Å²) >= 11 is 1.28. The molecule has 1 heterocycles. The molecule has 1 amide bonds. The van der Waals surface area contributed by atoms with Crippen LogP contribution in [-0.4, -0.2) is 18.5 Å². The highest BCUT2D eigenvalue weighted by Gasteiger charge is 2.21. The summed E-state index contributed by atoms with van der Waals surface area (Å²) in [6, 6.07) is 1.83. The lowest BCUT2D eigenvalue weighted by Gasteiger charge is -2.16. The standard InChI is InChI=1S/C15H19NO3S/c1-3-19-15(18)13-10(2)9-12(20-13)16-14(17)11-7-5-4-6-8-11/h4-5,9,11H,3,6-8H2,1-2H3,(H,16,17)/t11-/m0/s1. The van der Waals surface area contributed by atoms with Crippen molar-refractivity contribution >= 4 is 28.2 Å². The van der Waals surface area contributed by atoms with Crippen LogP contribution in [0.5, 0.6) is 0 Å². The number of thiophene rings is 1. The van der Waals surface area contributed by atoms with Crippen LogP contribution in [0.1, 0.15) is 41.4 Å². The van der Waals surface area contributed by atoms with E-state index >= 15 is 0 Å². The van der Waals surface area contributed by atoms with Gasteiger partial charge in [-0.2, -0.15) is 0 Å². The van der Waals surface area contributed by atoms with E-state index in [9.17, 15) is 9.59 Å². The number of aryl methyl sites for hydroxylation is 1. The molecule has 1 aromatic rings. The molecule has 0 unspecified atom stereocenters. The third-order valence-electron chi connectivity index (χ3n) is 3.26. The molecule has 1 N–H and O–H groups in total. The van der Waals surface area contributed by atoms with Crippen LogP contribution < -0.4 is 5.32 Å². The summed E-state index contributed by atoms with van der Waals surface area (Å²) in [5.74, 6) is -0.254. The Kier molecular flexibility index (Phi) is 4.95. The van der Waals surface area contributed by atoms with Gasteiger partial charge in [-0.05, 0) is 44.7 Å². The van der Waals surface area contributed by atoms with Crippen LogP contribution in [-0.2, 0) is 9.53 Å². The highest BCUT2D eigenvalue weighted by atomic mass is 32.1. The molecule has 0 saturated carbocycles. The molecule has 1 atom stereocenters. The summed E-state index contributed by atoms with van der Waals surface area (Å²) in [5.41, 5.74) is 0.840. The zero-order valence-corrected chi connectivity index (χ0v) is 12.6. The molecule has 0 radical (unpaired) electrons. The maximum absolute atomic E-state index is 12.1. The van der Waals surface area contributed by atoms with Gasteiger partial charge in [0.1, 0.15) is 4.88 Å². The maximum atomic E-state index is 12.1. The first kappa shape index (κ1) is 14.8. The number of esters is 1. The lowest BCUT2D eigenvalue weighted by Crippen LogP contribution is -2.22. The quantitative estimate of drug-likeness (QED) is 0.682. The van der Waals surface area contributed by atoms with Crippen molar-refractivity contribution in [3.05, 3.63) is 28.7 Å². The van der Waals surface area contributed by atoms with Crippen LogP contribution in [0.4, 0.5) is 5.00 Å². The van der Waals surface area contributed by atoms with E-state index in [0.717, 1.165) is 24.8 Å². The number of hydrogen-bond donors (Lipinski definition) is 1. The minimum Gasteiger partial charge on any atom is -0.462 e. The molecule has 2 rings (SSSR count). The zero-order valence-electron chi connectivity index (χ0n) is 11.8. The van der Waals surface area contributed by atoms with Crippen molar-refractivity contribution in [1.29, 1.82) is 0 Å². The van der Waals surface area contributed by atoms with Crippen LogP contribution in [0.25, 0.3) is 0 Å². The average Bonchev–Trinajstić information content (AvgIpc) is 2.81. The Morgan fingerprint density at radius 2 is 2.25 bits per heavy atom. The number of rotatable bonds is 4. The van der Waals surface area contributed by atoms with Crippen molar-refractivity contribution in [1.82, 2.24) is 0 Å². The third-order valence-corrected chi connectivity index (χ3v) is 4.40. The molecular formula is C15H19NO3S. The number of ether oxygens (including phenoxy) is 1. The number of carbonyl (C=O) groups excluding carboxylic acids is 2. The van der Waals surface area contributed by atoms with Crippen molar-refractivity contribution in [2.24, 2.45) is 5.92 Å². The second kappa shape index (κ2) is 6.70. The second-order valence-electron chi connectivity index (χ2n) is 4.81. The first-order valence-electron chi connectivity index (χ1n) is 6.85. The van der Waals surface area contributed by atoms with Crippen molar-refractivity contribution in [2.75, 3.05) is 11.9 Å². The average molecular weight is 293 g/mol. The SMILES string of the molecule is CCOC(=O)c1sc(NC(=O)[C@H]2CC=CCC2)cc1C. The van der Waals surface area contributed by atoms with E-state index in [4.69, 9.17) is 4.74 Å². The first-order valence-corrected chi connectivity index (χ1v) is 7.67. The molecule has 4 nitrogen and oxygen atoms in total. The molecule has 5 heteroatoms. The number of hydrogen-bond acceptors (Lipinski definition) is 4. The fourth-order valence-corrected chi connectivity index (χ4v) is 3.17. The number of anilines is 1. The Morgan fingerprint density at radius 1 is 1.45 bits per heavy atom. The monoisotopic (exact) mass is 293 g/mol. The number of amides is 1. The fraction of sp³-hybridized carbons (Fsp3) is 0.467. The predicted molar refractivity (Wildman–Crippen MR) is 80.1 cm³/mol. The molecule has 0 aliphatic heterocycles. The second-order valence-corrected chi connectivity index (χ2v) is 5.87. The fourth-order valence-electron chi connectivity index (χ4n) is 2.20. The lowest BCUT2D eigenvalue weighted by atomic mass is 9.94. The van der Waals surface area contributed by atoms with E-state index in [1.807, 2.05) is 13.0 Å². The van der Waals surface area contributed by atoms with Crippen LogP contribution in [0, 0.1) is 12.8 Å². The van der Waals surface area contributed by atoms with Crippen LogP contribution in [0.2, 0.25) is 0 Å². The van der Waals surface area contributed by atoms with Crippen molar-refractivity contribution < 1.29 is 14.3 Å². The molecule has 0 fully saturated rings. The van der Waals surface area contributed by atoms with Crippen LogP contribution >= 0.6 is 11.3 Å². The number of allylic oxidation sites excluding steroid dienone is 2. The van der Waals surface area contributed by atoms with Gasteiger partial charge >= 0.3 is 5.97 Å². The topological polar surface area (TPSA) is 55.4 Å². The molecule has 0 saturated heterocycles. The molecule has 1 aliphatic carbocycles. The molecule has 0 spiro atoms. The zero-order chi connectivity index (χ0) is 14.5. The summed E-state index contributed by atoms with van der Waals surface area (Å²) in [6.07, 6.45) is 6.80. The van der Waals surface area contributed by atoms with E-state index in [1.165, 1.54) is 11.3 Å². The van der Waals surface area contributed by atoms with E-state index in [-0.39, 0.29) is 17.8 Å². The van der Waals surface area contributed by atoms with Gasteiger partial charge in [0.2, 0.25) is 5.91 Å². The molecule has 20 heavy (non-hydrogen) atoms. The molecule has 0 bridgehead atoms. The first-order chi connectivity index (χ1) is 9.61. The van der Waals surface area contributed by atoms with E-state index < -0.39 is 0 Å². The summed E-state index contributed by atoms with van der Waals surface area (Å²) in [7, 11) is 0. The van der Waals surface area contributed by atoms with Gasteiger partial charge in [0, 0.05) is 5.92 Å². The third kappa shape index (κ3) is 3.48. The van der Waals surface area contributed by atoms with Crippen molar-refractivity contribution in [3.8, 4) is 0 Å². The minimum atomic E-state index is -0.323. The summed E-state index contributed by atoms with van der Waals surface area (Å²) in [5, 5.41) is 3.62. The predicted octanol–water partition coefficient (Wildman–Crippen LogP) is 3.53. The Hall–Kier alpha value is -1.62. The number of carbonyl (C=O) groups is 2. The summed E-state index contributed by atoms with van der Waals surface area (Å²) in [6.45, 7) is 3.98. The smallest absolute Gasteiger partial charge is 0.348 e. The Bertz CT molecular complexity index is 533. The minimum absolute atomic E-state index is 0.0333. The Balaban J connectivity index is 2.03. The largest absolute Gasteiger partial charge is 0.462 e. The van der Waals surface area contributed by atoms with Gasteiger partial charge in [-0.25, -0.2) is 4.79 Å². The van der Waals surface area contributed by atoms with E-state index in [1.54, 1.807) is 6.92 Å². The summed E-state index contributed by atoms with van der Waals surface area (Å²) in [4.78, 5) is 24.4. The Morgan fingerprint density at radius 3 is 2.90 bits per heavy atom. The highest BCUT2D eigenvalue weighted by Crippen LogP contribution is 2.29. The van der Waals surface area contributed by atoms with E-state index in [2.05, 4.69) is 17.5 Å². The van der Waals surface area contributed by atoms with Crippen molar-refractivity contribution in [2.45, 2.75) is 33.1 Å².